The summed E-state index contributed by atoms with van der Waals surface area (Å²) < 4.78 is 30.5. The second kappa shape index (κ2) is 7.71. The van der Waals surface area contributed by atoms with E-state index in [4.69, 9.17) is 0 Å². The molecule has 0 fully saturated rings. The molecule has 7 heteroatoms. The van der Waals surface area contributed by atoms with E-state index < -0.39 is 6.61 Å². The van der Waals surface area contributed by atoms with Gasteiger partial charge in [0.05, 0.1) is 18.7 Å². The Hall–Kier alpha value is -2.44. The number of aromatic nitrogens is 2. The summed E-state index contributed by atoms with van der Waals surface area (Å²) in [6.45, 7) is 1.16. The second-order valence-electron chi connectivity index (χ2n) is 5.17. The Labute approximate surface area is 133 Å². The molecule has 2 rings (SSSR count). The van der Waals surface area contributed by atoms with Crippen molar-refractivity contribution >= 4 is 11.7 Å². The maximum absolute atomic E-state index is 12.2. The molecule has 2 aromatic rings. The molecule has 0 saturated carbocycles. The maximum Gasteiger partial charge on any atom is 0.387 e. The van der Waals surface area contributed by atoms with Crippen LogP contribution in [0.5, 0.6) is 5.75 Å². The summed E-state index contributed by atoms with van der Waals surface area (Å²) in [4.78, 5) is 12.1. The first kappa shape index (κ1) is 16.9. The van der Waals surface area contributed by atoms with Crippen LogP contribution < -0.4 is 10.1 Å². The quantitative estimate of drug-likeness (QED) is 0.846. The smallest absolute Gasteiger partial charge is 0.387 e. The van der Waals surface area contributed by atoms with Crippen LogP contribution in [-0.2, 0) is 11.2 Å². The van der Waals surface area contributed by atoms with E-state index in [0.717, 1.165) is 6.42 Å². The highest BCUT2D eigenvalue weighted by Crippen LogP contribution is 2.18. The molecule has 0 aliphatic carbocycles. The van der Waals surface area contributed by atoms with Gasteiger partial charge in [-0.1, -0.05) is 19.1 Å². The highest BCUT2D eigenvalue weighted by atomic mass is 19.3. The summed E-state index contributed by atoms with van der Waals surface area (Å²) in [6, 6.07) is 8.00. The van der Waals surface area contributed by atoms with Crippen molar-refractivity contribution < 1.29 is 18.3 Å². The Bertz CT molecular complexity index is 658. The van der Waals surface area contributed by atoms with Crippen molar-refractivity contribution in [2.75, 3.05) is 5.32 Å². The molecule has 0 saturated heterocycles. The van der Waals surface area contributed by atoms with Crippen LogP contribution in [0.2, 0.25) is 0 Å². The van der Waals surface area contributed by atoms with E-state index in [9.17, 15) is 13.6 Å². The number of hydrogen-bond donors (Lipinski definition) is 1. The van der Waals surface area contributed by atoms with Gasteiger partial charge < -0.3 is 10.1 Å². The number of ether oxygens (including phenoxy) is 1. The summed E-state index contributed by atoms with van der Waals surface area (Å²) >= 11 is 0. The number of carbonyl (C=O) groups excluding carboxylic acids is 1. The van der Waals surface area contributed by atoms with Gasteiger partial charge in [0.2, 0.25) is 5.91 Å². The lowest BCUT2D eigenvalue weighted by Crippen LogP contribution is -2.19. The van der Waals surface area contributed by atoms with Gasteiger partial charge in [-0.25, -0.2) is 4.68 Å². The molecule has 124 valence electrons. The largest absolute Gasteiger partial charge is 0.435 e. The fraction of sp³-hybridized carbons (Fsp3) is 0.375. The standard InChI is InChI=1S/C16H19F2N3O2/c1-3-11(2)21-14(7-8-19-21)20-15(22)10-12-5-4-6-13(9-12)23-16(17)18/h4-9,11,16H,3,10H2,1-2H3,(H,20,22)/t11-/m1/s1. The van der Waals surface area contributed by atoms with E-state index >= 15 is 0 Å². The maximum atomic E-state index is 12.2. The van der Waals surface area contributed by atoms with E-state index in [-0.39, 0.29) is 24.1 Å². The molecular weight excluding hydrogens is 304 g/mol. The molecule has 0 radical (unpaired) electrons. The highest BCUT2D eigenvalue weighted by molar-refractivity contribution is 5.91. The zero-order chi connectivity index (χ0) is 16.8. The van der Waals surface area contributed by atoms with Gasteiger partial charge in [-0.05, 0) is 31.0 Å². The Kier molecular flexibility index (Phi) is 5.67. The van der Waals surface area contributed by atoms with E-state index in [1.165, 1.54) is 12.1 Å². The van der Waals surface area contributed by atoms with E-state index in [1.807, 2.05) is 13.8 Å². The number of halogens is 2. The van der Waals surface area contributed by atoms with Gasteiger partial charge >= 0.3 is 6.61 Å². The molecule has 1 N–H and O–H groups in total. The van der Waals surface area contributed by atoms with E-state index in [0.29, 0.717) is 11.4 Å². The van der Waals surface area contributed by atoms with E-state index in [1.54, 1.807) is 29.1 Å². The van der Waals surface area contributed by atoms with Gasteiger partial charge in [-0.3, -0.25) is 4.79 Å². The minimum atomic E-state index is -2.89. The molecule has 1 atom stereocenters. The normalized spacial score (nSPS) is 12.2. The lowest BCUT2D eigenvalue weighted by atomic mass is 10.1. The monoisotopic (exact) mass is 323 g/mol. The molecule has 1 aromatic carbocycles. The fourth-order valence-electron chi connectivity index (χ4n) is 2.14. The summed E-state index contributed by atoms with van der Waals surface area (Å²) in [5, 5.41) is 6.98. The molecule has 5 nitrogen and oxygen atoms in total. The molecule has 23 heavy (non-hydrogen) atoms. The van der Waals surface area contributed by atoms with Crippen LogP contribution in [0.4, 0.5) is 14.6 Å². The number of nitrogens with zero attached hydrogens (tertiary/aromatic N) is 2. The average Bonchev–Trinajstić information content (AvgIpc) is 2.94. The van der Waals surface area contributed by atoms with Crippen LogP contribution in [0.1, 0.15) is 31.9 Å². The predicted molar refractivity (Wildman–Crippen MR) is 82.6 cm³/mol. The second-order valence-corrected chi connectivity index (χ2v) is 5.17. The van der Waals surface area contributed by atoms with E-state index in [2.05, 4.69) is 15.2 Å². The average molecular weight is 323 g/mol. The lowest BCUT2D eigenvalue weighted by molar-refractivity contribution is -0.115. The van der Waals surface area contributed by atoms with Gasteiger partial charge in [0.1, 0.15) is 11.6 Å². The zero-order valence-corrected chi connectivity index (χ0v) is 13.0. The van der Waals surface area contributed by atoms with Crippen LogP contribution in [0, 0.1) is 0 Å². The van der Waals surface area contributed by atoms with Crippen molar-refractivity contribution in [1.82, 2.24) is 9.78 Å². The third kappa shape index (κ3) is 4.77. The van der Waals surface area contributed by atoms with Crippen molar-refractivity contribution in [3.05, 3.63) is 42.1 Å². The molecule has 1 heterocycles. The van der Waals surface area contributed by atoms with Crippen molar-refractivity contribution in [3.8, 4) is 5.75 Å². The van der Waals surface area contributed by atoms with Gasteiger partial charge in [0, 0.05) is 6.07 Å². The number of nitrogens with one attached hydrogen (secondary N) is 1. The zero-order valence-electron chi connectivity index (χ0n) is 13.0. The Balaban J connectivity index is 2.01. The van der Waals surface area contributed by atoms with Crippen LogP contribution >= 0.6 is 0 Å². The minimum absolute atomic E-state index is 0.0370. The first-order valence-corrected chi connectivity index (χ1v) is 7.36. The summed E-state index contributed by atoms with van der Waals surface area (Å²) in [5.41, 5.74) is 0.593. The highest BCUT2D eigenvalue weighted by Gasteiger charge is 2.12. The van der Waals surface area contributed by atoms with Gasteiger partial charge in [-0.15, -0.1) is 0 Å². The van der Waals surface area contributed by atoms with Crippen LogP contribution in [0.3, 0.4) is 0 Å². The van der Waals surface area contributed by atoms with Gasteiger partial charge in [0.15, 0.2) is 0 Å². The van der Waals surface area contributed by atoms with Crippen molar-refractivity contribution in [2.24, 2.45) is 0 Å². The number of amides is 1. The van der Waals surface area contributed by atoms with Crippen molar-refractivity contribution in [3.63, 3.8) is 0 Å². The summed E-state index contributed by atoms with van der Waals surface area (Å²) in [7, 11) is 0. The molecule has 1 amide bonds. The third-order valence-corrected chi connectivity index (χ3v) is 3.43. The number of alkyl halides is 2. The Morgan fingerprint density at radius 2 is 2.17 bits per heavy atom. The first-order chi connectivity index (χ1) is 11.0. The third-order valence-electron chi connectivity index (χ3n) is 3.43. The minimum Gasteiger partial charge on any atom is -0.435 e. The van der Waals surface area contributed by atoms with Gasteiger partial charge in [0.25, 0.3) is 0 Å². The molecule has 0 unspecified atom stereocenters. The molecule has 0 aliphatic heterocycles. The number of carbonyl (C=O) groups is 1. The van der Waals surface area contributed by atoms with Gasteiger partial charge in [-0.2, -0.15) is 13.9 Å². The summed E-state index contributed by atoms with van der Waals surface area (Å²) in [6.07, 6.45) is 2.57. The Morgan fingerprint density at radius 3 is 2.87 bits per heavy atom. The molecule has 0 spiro atoms. The number of rotatable bonds is 7. The molecule has 0 bridgehead atoms. The topological polar surface area (TPSA) is 56.2 Å². The van der Waals surface area contributed by atoms with Crippen molar-refractivity contribution in [2.45, 2.75) is 39.3 Å². The summed E-state index contributed by atoms with van der Waals surface area (Å²) in [5.74, 6) is 0.406. The number of benzene rings is 1. The van der Waals surface area contributed by atoms with Crippen LogP contribution in [0.15, 0.2) is 36.5 Å². The first-order valence-electron chi connectivity index (χ1n) is 7.36. The number of anilines is 1. The predicted octanol–water partition coefficient (Wildman–Crippen LogP) is 3.64. The molecular formula is C16H19F2N3O2. The van der Waals surface area contributed by atoms with Crippen molar-refractivity contribution in [1.29, 1.82) is 0 Å². The van der Waals surface area contributed by atoms with Crippen LogP contribution in [0.25, 0.3) is 0 Å². The molecule has 0 aliphatic rings. The fourth-order valence-corrected chi connectivity index (χ4v) is 2.14. The van der Waals surface area contributed by atoms with Crippen LogP contribution in [-0.4, -0.2) is 22.3 Å². The lowest BCUT2D eigenvalue weighted by Gasteiger charge is -2.14. The Morgan fingerprint density at radius 1 is 1.39 bits per heavy atom. The number of hydrogen-bond acceptors (Lipinski definition) is 3. The SMILES string of the molecule is CC[C@@H](C)n1nccc1NC(=O)Cc1cccc(OC(F)F)c1. The molecule has 1 aromatic heterocycles.